The maximum atomic E-state index is 5.61. The molecule has 0 aliphatic heterocycles. The number of oxazole rings is 1. The molecular weight excluding hydrogens is 290 g/mol. The Balaban J connectivity index is 1.82. The van der Waals surface area contributed by atoms with Gasteiger partial charge in [0.1, 0.15) is 11.3 Å². The highest BCUT2D eigenvalue weighted by Crippen LogP contribution is 2.31. The molecule has 0 radical (unpaired) electrons. The molecule has 0 saturated carbocycles. The number of imidazole rings is 1. The fourth-order valence-corrected chi connectivity index (χ4v) is 2.86. The molecule has 23 heavy (non-hydrogen) atoms. The van der Waals surface area contributed by atoms with Crippen LogP contribution in [0.4, 0.5) is 0 Å². The second-order valence-corrected chi connectivity index (χ2v) is 5.41. The number of aromatic amines is 1. The van der Waals surface area contributed by atoms with E-state index in [0.717, 1.165) is 40.3 Å². The molecule has 114 valence electrons. The molecule has 3 aromatic heterocycles. The highest BCUT2D eigenvalue weighted by molar-refractivity contribution is 5.77. The first-order valence-corrected chi connectivity index (χ1v) is 7.40. The summed E-state index contributed by atoms with van der Waals surface area (Å²) in [6, 6.07) is 7.94. The Morgan fingerprint density at radius 1 is 1.22 bits per heavy atom. The van der Waals surface area contributed by atoms with Crippen LogP contribution in [0.25, 0.3) is 11.1 Å². The van der Waals surface area contributed by atoms with Crippen molar-refractivity contribution in [3.63, 3.8) is 0 Å². The minimum Gasteiger partial charge on any atom is -0.443 e. The van der Waals surface area contributed by atoms with Crippen molar-refractivity contribution in [1.29, 1.82) is 0 Å². The van der Waals surface area contributed by atoms with Crippen LogP contribution in [-0.4, -0.2) is 24.9 Å². The maximum Gasteiger partial charge on any atom is 0.181 e. The minimum absolute atomic E-state index is 0.0587. The number of rotatable bonds is 4. The van der Waals surface area contributed by atoms with Gasteiger partial charge < -0.3 is 9.40 Å². The standard InChI is InChI=1S/C17H15N5O/c1-11-19-6-5-12(22-11)7-14(16-8-18-9-20-16)13-3-2-4-15-17(13)23-10-21-15/h2-6,8-10,14H,7H2,1H3,(H,18,20). The molecule has 1 aromatic carbocycles. The normalized spacial score (nSPS) is 12.6. The van der Waals surface area contributed by atoms with Crippen LogP contribution in [0.15, 0.2) is 53.8 Å². The van der Waals surface area contributed by atoms with Crippen LogP contribution in [0, 0.1) is 6.92 Å². The molecule has 0 saturated heterocycles. The van der Waals surface area contributed by atoms with Crippen LogP contribution >= 0.6 is 0 Å². The molecule has 6 nitrogen and oxygen atoms in total. The van der Waals surface area contributed by atoms with Gasteiger partial charge in [0.15, 0.2) is 12.0 Å². The summed E-state index contributed by atoms with van der Waals surface area (Å²) in [6.45, 7) is 1.89. The fraction of sp³-hybridized carbons (Fsp3) is 0.176. The first-order valence-electron chi connectivity index (χ1n) is 7.40. The zero-order chi connectivity index (χ0) is 15.6. The van der Waals surface area contributed by atoms with Crippen LogP contribution in [-0.2, 0) is 6.42 Å². The van der Waals surface area contributed by atoms with E-state index in [9.17, 15) is 0 Å². The Morgan fingerprint density at radius 3 is 3.00 bits per heavy atom. The number of nitrogens with zero attached hydrogens (tertiary/aromatic N) is 4. The molecule has 4 aromatic rings. The van der Waals surface area contributed by atoms with E-state index in [1.54, 1.807) is 12.5 Å². The van der Waals surface area contributed by atoms with Gasteiger partial charge in [-0.1, -0.05) is 12.1 Å². The molecule has 0 bridgehead atoms. The number of aromatic nitrogens is 5. The largest absolute Gasteiger partial charge is 0.443 e. The molecule has 0 fully saturated rings. The number of hydrogen-bond donors (Lipinski definition) is 1. The van der Waals surface area contributed by atoms with Gasteiger partial charge in [0.25, 0.3) is 0 Å². The predicted octanol–water partition coefficient (Wildman–Crippen LogP) is 3.02. The van der Waals surface area contributed by atoms with E-state index < -0.39 is 0 Å². The van der Waals surface area contributed by atoms with Gasteiger partial charge >= 0.3 is 0 Å². The topological polar surface area (TPSA) is 80.5 Å². The SMILES string of the molecule is Cc1nccc(CC(c2cnc[nH]2)c2cccc3ncoc23)n1. The highest BCUT2D eigenvalue weighted by Gasteiger charge is 2.21. The summed E-state index contributed by atoms with van der Waals surface area (Å²) >= 11 is 0. The van der Waals surface area contributed by atoms with E-state index in [1.807, 2.05) is 31.3 Å². The summed E-state index contributed by atoms with van der Waals surface area (Å²) < 4.78 is 5.61. The molecule has 0 spiro atoms. The second kappa shape index (κ2) is 5.64. The number of para-hydroxylation sites is 1. The third-order valence-corrected chi connectivity index (χ3v) is 3.90. The first kappa shape index (κ1) is 13.6. The van der Waals surface area contributed by atoms with Gasteiger partial charge in [0.2, 0.25) is 0 Å². The van der Waals surface area contributed by atoms with Crippen LogP contribution < -0.4 is 0 Å². The van der Waals surface area contributed by atoms with E-state index in [1.165, 1.54) is 6.39 Å². The summed E-state index contributed by atoms with van der Waals surface area (Å²) in [4.78, 5) is 20.3. The van der Waals surface area contributed by atoms with Crippen molar-refractivity contribution in [1.82, 2.24) is 24.9 Å². The molecule has 1 atom stereocenters. The third-order valence-electron chi connectivity index (χ3n) is 3.90. The van der Waals surface area contributed by atoms with Gasteiger partial charge in [-0.25, -0.2) is 19.9 Å². The summed E-state index contributed by atoms with van der Waals surface area (Å²) in [6.07, 6.45) is 7.52. The quantitative estimate of drug-likeness (QED) is 0.627. The van der Waals surface area contributed by atoms with Gasteiger partial charge in [-0.3, -0.25) is 0 Å². The third kappa shape index (κ3) is 2.59. The Bertz CT molecular complexity index is 929. The lowest BCUT2D eigenvalue weighted by atomic mass is 9.90. The first-order chi connectivity index (χ1) is 11.3. The van der Waals surface area contributed by atoms with Gasteiger partial charge in [-0.15, -0.1) is 0 Å². The average molecular weight is 305 g/mol. The van der Waals surface area contributed by atoms with Crippen LogP contribution in [0.2, 0.25) is 0 Å². The minimum atomic E-state index is 0.0587. The molecular formula is C17H15N5O. The summed E-state index contributed by atoms with van der Waals surface area (Å²) in [5.41, 5.74) is 4.73. The zero-order valence-electron chi connectivity index (χ0n) is 12.6. The van der Waals surface area contributed by atoms with Crippen molar-refractivity contribution in [2.45, 2.75) is 19.3 Å². The lowest BCUT2D eigenvalue weighted by molar-refractivity contribution is 0.592. The fourth-order valence-electron chi connectivity index (χ4n) is 2.86. The monoisotopic (exact) mass is 305 g/mol. The van der Waals surface area contributed by atoms with Crippen LogP contribution in [0.3, 0.4) is 0 Å². The van der Waals surface area contributed by atoms with Gasteiger partial charge in [0.05, 0.1) is 6.33 Å². The number of aryl methyl sites for hydroxylation is 1. The molecule has 3 heterocycles. The molecule has 0 aliphatic carbocycles. The second-order valence-electron chi connectivity index (χ2n) is 5.41. The van der Waals surface area contributed by atoms with Crippen molar-refractivity contribution in [2.24, 2.45) is 0 Å². The van der Waals surface area contributed by atoms with E-state index >= 15 is 0 Å². The molecule has 0 aliphatic rings. The molecule has 1 N–H and O–H groups in total. The number of nitrogens with one attached hydrogen (secondary N) is 1. The highest BCUT2D eigenvalue weighted by atomic mass is 16.3. The lowest BCUT2D eigenvalue weighted by Crippen LogP contribution is -2.08. The van der Waals surface area contributed by atoms with E-state index in [-0.39, 0.29) is 5.92 Å². The van der Waals surface area contributed by atoms with E-state index in [4.69, 9.17) is 4.42 Å². The molecule has 0 amide bonds. The number of hydrogen-bond acceptors (Lipinski definition) is 5. The number of fused-ring (bicyclic) bond motifs is 1. The summed E-state index contributed by atoms with van der Waals surface area (Å²) in [5.74, 6) is 0.826. The molecule has 6 heteroatoms. The smallest absolute Gasteiger partial charge is 0.181 e. The Morgan fingerprint density at radius 2 is 2.17 bits per heavy atom. The van der Waals surface area contributed by atoms with Crippen molar-refractivity contribution in [2.75, 3.05) is 0 Å². The maximum absolute atomic E-state index is 5.61. The number of H-pyrrole nitrogens is 1. The zero-order valence-corrected chi connectivity index (χ0v) is 12.6. The van der Waals surface area contributed by atoms with Gasteiger partial charge in [-0.2, -0.15) is 0 Å². The number of benzene rings is 1. The summed E-state index contributed by atoms with van der Waals surface area (Å²) in [7, 11) is 0. The van der Waals surface area contributed by atoms with Crippen molar-refractivity contribution in [3.05, 3.63) is 72.2 Å². The Kier molecular flexibility index (Phi) is 3.34. The van der Waals surface area contributed by atoms with E-state index in [0.29, 0.717) is 0 Å². The summed E-state index contributed by atoms with van der Waals surface area (Å²) in [5, 5.41) is 0. The Labute approximate surface area is 132 Å². The van der Waals surface area contributed by atoms with Crippen molar-refractivity contribution >= 4 is 11.1 Å². The van der Waals surface area contributed by atoms with Gasteiger partial charge in [0, 0.05) is 41.7 Å². The molecule has 4 rings (SSSR count). The predicted molar refractivity (Wildman–Crippen MR) is 84.9 cm³/mol. The molecule has 1 unspecified atom stereocenters. The van der Waals surface area contributed by atoms with Crippen molar-refractivity contribution < 1.29 is 4.42 Å². The van der Waals surface area contributed by atoms with E-state index in [2.05, 4.69) is 31.0 Å². The Hall–Kier alpha value is -3.02. The lowest BCUT2D eigenvalue weighted by Gasteiger charge is -2.16. The van der Waals surface area contributed by atoms with Gasteiger partial charge in [-0.05, 0) is 19.1 Å². The van der Waals surface area contributed by atoms with Crippen LogP contribution in [0.5, 0.6) is 0 Å². The van der Waals surface area contributed by atoms with Crippen LogP contribution in [0.1, 0.15) is 28.7 Å². The van der Waals surface area contributed by atoms with Crippen molar-refractivity contribution in [3.8, 4) is 0 Å². The average Bonchev–Trinajstić information content (AvgIpc) is 3.23.